The Morgan fingerprint density at radius 1 is 1.19 bits per heavy atom. The van der Waals surface area contributed by atoms with Gasteiger partial charge in [-0.1, -0.05) is 44.2 Å². The zero-order valence-corrected chi connectivity index (χ0v) is 21.5. The number of rotatable bonds is 9. The average molecular weight is 540 g/mol. The summed E-state index contributed by atoms with van der Waals surface area (Å²) in [6, 6.07) is 11.6. The minimum absolute atomic E-state index is 0. The number of hydrogen-bond donors (Lipinski definition) is 2. The topological polar surface area (TPSA) is 70.4 Å². The molecule has 0 spiro atoms. The van der Waals surface area contributed by atoms with Gasteiger partial charge in [0.15, 0.2) is 5.96 Å². The van der Waals surface area contributed by atoms with Gasteiger partial charge in [0.05, 0.1) is 6.54 Å². The highest BCUT2D eigenvalue weighted by Gasteiger charge is 2.20. The van der Waals surface area contributed by atoms with Crippen LogP contribution in [-0.4, -0.2) is 57.3 Å². The first-order valence-corrected chi connectivity index (χ1v) is 11.4. The van der Waals surface area contributed by atoms with Gasteiger partial charge < -0.3 is 15.2 Å². The number of aliphatic imine (C=N–C) groups is 1. The van der Waals surface area contributed by atoms with E-state index in [9.17, 15) is 0 Å². The Kier molecular flexibility index (Phi) is 11.3. The van der Waals surface area contributed by atoms with Crippen LogP contribution >= 0.6 is 24.0 Å². The second-order valence-electron chi connectivity index (χ2n) is 8.16. The second kappa shape index (κ2) is 13.7. The van der Waals surface area contributed by atoms with E-state index in [2.05, 4.69) is 81.4 Å². The smallest absolute Gasteiger partial charge is 0.191 e. The molecule has 1 fully saturated rings. The molecule has 1 aromatic carbocycles. The van der Waals surface area contributed by atoms with Gasteiger partial charge in [0.2, 0.25) is 0 Å². The molecule has 31 heavy (non-hydrogen) atoms. The minimum atomic E-state index is 0. The molecule has 1 aromatic heterocycles. The van der Waals surface area contributed by atoms with E-state index >= 15 is 0 Å². The van der Waals surface area contributed by atoms with E-state index in [1.54, 1.807) is 6.33 Å². The van der Waals surface area contributed by atoms with Crippen LogP contribution in [-0.2, 0) is 19.5 Å². The third kappa shape index (κ3) is 8.40. The summed E-state index contributed by atoms with van der Waals surface area (Å²) in [6.07, 6.45) is 6.04. The van der Waals surface area contributed by atoms with Crippen molar-refractivity contribution < 1.29 is 0 Å². The molecular weight excluding hydrogens is 501 g/mol. The number of piperidine rings is 1. The maximum Gasteiger partial charge on any atom is 0.191 e. The summed E-state index contributed by atoms with van der Waals surface area (Å²) in [6.45, 7) is 11.3. The van der Waals surface area contributed by atoms with E-state index in [-0.39, 0.29) is 24.0 Å². The van der Waals surface area contributed by atoms with Crippen molar-refractivity contribution >= 4 is 29.9 Å². The third-order valence-corrected chi connectivity index (χ3v) is 5.80. The van der Waals surface area contributed by atoms with E-state index in [1.807, 2.05) is 0 Å². The van der Waals surface area contributed by atoms with Crippen LogP contribution in [0.1, 0.15) is 51.4 Å². The van der Waals surface area contributed by atoms with Crippen LogP contribution in [0.25, 0.3) is 0 Å². The molecule has 0 saturated carbocycles. The minimum Gasteiger partial charge on any atom is -0.354 e. The van der Waals surface area contributed by atoms with E-state index < -0.39 is 0 Å². The lowest BCUT2D eigenvalue weighted by Crippen LogP contribution is -2.50. The third-order valence-electron chi connectivity index (χ3n) is 5.80. The molecule has 1 unspecified atom stereocenters. The van der Waals surface area contributed by atoms with Gasteiger partial charge in [0, 0.05) is 44.7 Å². The standard InChI is InChI=1S/C23H37N7.HI/c1-4-19(3)26-23(24-13-16-30-18-25-28-22(30)5-2)27-21-11-14-29(15-12-21)17-20-9-7-6-8-10-20;/h6-10,18-19,21H,4-5,11-17H2,1-3H3,(H2,24,26,27);1H. The van der Waals surface area contributed by atoms with Gasteiger partial charge in [-0.3, -0.25) is 9.89 Å². The molecule has 0 radical (unpaired) electrons. The molecule has 1 aliphatic heterocycles. The van der Waals surface area contributed by atoms with Crippen LogP contribution in [0, 0.1) is 0 Å². The molecule has 0 aliphatic carbocycles. The quantitative estimate of drug-likeness (QED) is 0.290. The maximum atomic E-state index is 4.85. The summed E-state index contributed by atoms with van der Waals surface area (Å²) in [5.41, 5.74) is 1.39. The van der Waals surface area contributed by atoms with Crippen molar-refractivity contribution in [2.45, 2.75) is 71.6 Å². The van der Waals surface area contributed by atoms with Gasteiger partial charge in [-0.25, -0.2) is 0 Å². The maximum absolute atomic E-state index is 4.85. The highest BCUT2D eigenvalue weighted by molar-refractivity contribution is 14.0. The summed E-state index contributed by atoms with van der Waals surface area (Å²) < 4.78 is 2.09. The first kappa shape index (κ1) is 25.6. The molecule has 2 aromatic rings. The van der Waals surface area contributed by atoms with Crippen molar-refractivity contribution in [3.63, 3.8) is 0 Å². The fourth-order valence-corrected chi connectivity index (χ4v) is 3.75. The van der Waals surface area contributed by atoms with Crippen LogP contribution in [0.4, 0.5) is 0 Å². The van der Waals surface area contributed by atoms with Gasteiger partial charge in [0.25, 0.3) is 0 Å². The summed E-state index contributed by atoms with van der Waals surface area (Å²) >= 11 is 0. The van der Waals surface area contributed by atoms with Crippen molar-refractivity contribution in [2.24, 2.45) is 4.99 Å². The number of aryl methyl sites for hydroxylation is 1. The highest BCUT2D eigenvalue weighted by atomic mass is 127. The summed E-state index contributed by atoms with van der Waals surface area (Å²) in [5, 5.41) is 15.4. The van der Waals surface area contributed by atoms with Crippen LogP contribution in [0.3, 0.4) is 0 Å². The molecule has 1 aliphatic rings. The number of guanidine groups is 1. The van der Waals surface area contributed by atoms with Crippen molar-refractivity contribution in [1.29, 1.82) is 0 Å². The van der Waals surface area contributed by atoms with Crippen LogP contribution < -0.4 is 10.6 Å². The Hall–Kier alpha value is -1.68. The molecule has 1 saturated heterocycles. The largest absolute Gasteiger partial charge is 0.354 e. The van der Waals surface area contributed by atoms with Crippen LogP contribution in [0.5, 0.6) is 0 Å². The van der Waals surface area contributed by atoms with E-state index in [0.717, 1.165) is 63.6 Å². The Bertz CT molecular complexity index is 769. The number of nitrogens with zero attached hydrogens (tertiary/aromatic N) is 5. The Labute approximate surface area is 204 Å². The van der Waals surface area contributed by atoms with Crippen molar-refractivity contribution in [3.8, 4) is 0 Å². The first-order chi connectivity index (χ1) is 14.7. The molecular formula is C23H38IN7. The number of likely N-dealkylation sites (tertiary alicyclic amines) is 1. The van der Waals surface area contributed by atoms with Crippen LogP contribution in [0.2, 0.25) is 0 Å². The number of hydrogen-bond acceptors (Lipinski definition) is 4. The lowest BCUT2D eigenvalue weighted by Gasteiger charge is -2.33. The predicted octanol–water partition coefficient (Wildman–Crippen LogP) is 3.46. The lowest BCUT2D eigenvalue weighted by molar-refractivity contribution is 0.198. The zero-order valence-electron chi connectivity index (χ0n) is 19.1. The second-order valence-corrected chi connectivity index (χ2v) is 8.16. The summed E-state index contributed by atoms with van der Waals surface area (Å²) in [5.74, 6) is 1.94. The van der Waals surface area contributed by atoms with Gasteiger partial charge >= 0.3 is 0 Å². The van der Waals surface area contributed by atoms with Gasteiger partial charge in [0.1, 0.15) is 12.2 Å². The highest BCUT2D eigenvalue weighted by Crippen LogP contribution is 2.14. The van der Waals surface area contributed by atoms with Crippen molar-refractivity contribution in [1.82, 2.24) is 30.3 Å². The lowest BCUT2D eigenvalue weighted by atomic mass is 10.0. The number of halogens is 1. The SMILES string of the molecule is CCc1nncn1CCN=C(NC(C)CC)NC1CCN(Cc2ccccc2)CC1.I. The van der Waals surface area contributed by atoms with E-state index in [1.165, 1.54) is 5.56 Å². The van der Waals surface area contributed by atoms with Gasteiger partial charge in [-0.15, -0.1) is 34.2 Å². The van der Waals surface area contributed by atoms with E-state index in [0.29, 0.717) is 18.6 Å². The number of aromatic nitrogens is 3. The van der Waals surface area contributed by atoms with Crippen molar-refractivity contribution in [3.05, 3.63) is 48.0 Å². The summed E-state index contributed by atoms with van der Waals surface area (Å²) in [7, 11) is 0. The zero-order chi connectivity index (χ0) is 21.2. The monoisotopic (exact) mass is 539 g/mol. The van der Waals surface area contributed by atoms with Gasteiger partial charge in [-0.05, 0) is 31.7 Å². The molecule has 172 valence electrons. The Morgan fingerprint density at radius 3 is 2.61 bits per heavy atom. The normalized spacial score (nSPS) is 16.5. The molecule has 8 heteroatoms. The molecule has 3 rings (SSSR count). The Morgan fingerprint density at radius 2 is 1.94 bits per heavy atom. The van der Waals surface area contributed by atoms with Gasteiger partial charge in [-0.2, -0.15) is 0 Å². The number of nitrogens with one attached hydrogen (secondary N) is 2. The predicted molar refractivity (Wildman–Crippen MR) is 138 cm³/mol. The molecule has 2 heterocycles. The Balaban J connectivity index is 0.00000341. The van der Waals surface area contributed by atoms with Crippen molar-refractivity contribution in [2.75, 3.05) is 19.6 Å². The van der Waals surface area contributed by atoms with Crippen LogP contribution in [0.15, 0.2) is 41.7 Å². The molecule has 7 nitrogen and oxygen atoms in total. The fourth-order valence-electron chi connectivity index (χ4n) is 3.75. The van der Waals surface area contributed by atoms with E-state index in [4.69, 9.17) is 4.99 Å². The molecule has 0 bridgehead atoms. The molecule has 0 amide bonds. The summed E-state index contributed by atoms with van der Waals surface area (Å²) in [4.78, 5) is 7.39. The number of benzene rings is 1. The average Bonchev–Trinajstić information content (AvgIpc) is 3.23. The first-order valence-electron chi connectivity index (χ1n) is 11.4. The fraction of sp³-hybridized carbons (Fsp3) is 0.609. The molecule has 2 N–H and O–H groups in total. The molecule has 1 atom stereocenters.